The van der Waals surface area contributed by atoms with Crippen molar-refractivity contribution in [2.24, 2.45) is 0 Å². The van der Waals surface area contributed by atoms with Crippen LogP contribution in [0.1, 0.15) is 33.4 Å². The number of aryl methyl sites for hydroxylation is 6. The number of hydrogen-bond acceptors (Lipinski definition) is 0. The average molecular weight is 403 g/mol. The van der Waals surface area contributed by atoms with Crippen molar-refractivity contribution >= 4 is 28.5 Å². The highest BCUT2D eigenvalue weighted by atomic mass is 19.1. The van der Waals surface area contributed by atoms with Crippen molar-refractivity contribution in [2.75, 3.05) is 21.1 Å². The lowest BCUT2D eigenvalue weighted by Crippen LogP contribution is -2.68. The van der Waals surface area contributed by atoms with E-state index in [2.05, 4.69) is 93.0 Å². The Balaban J connectivity index is 2.55. The van der Waals surface area contributed by atoms with Crippen LogP contribution < -0.4 is 20.9 Å². The maximum absolute atomic E-state index is 18.1. The SMILES string of the molecule is Cc1cc(C)c([B-](F)(c2ccccc2[N+](C)(C)C)c2c(C)cc(C)cc2C)c(C)c1. The fourth-order valence-electron chi connectivity index (χ4n) is 5.53. The van der Waals surface area contributed by atoms with E-state index in [0.29, 0.717) is 4.48 Å². The Morgan fingerprint density at radius 3 is 1.37 bits per heavy atom. The van der Waals surface area contributed by atoms with Crippen molar-refractivity contribution in [3.05, 3.63) is 81.9 Å². The number of para-hydroxylation sites is 1. The van der Waals surface area contributed by atoms with E-state index in [4.69, 9.17) is 0 Å². The molecular formula is C27H35BFN. The number of nitrogens with zero attached hydrogens (tertiary/aromatic N) is 1. The van der Waals surface area contributed by atoms with E-state index in [1.165, 1.54) is 11.1 Å². The highest BCUT2D eigenvalue weighted by molar-refractivity contribution is 7.08. The fourth-order valence-corrected chi connectivity index (χ4v) is 5.53. The first-order valence-corrected chi connectivity index (χ1v) is 10.8. The number of rotatable bonds is 4. The van der Waals surface area contributed by atoms with E-state index >= 15 is 4.32 Å². The van der Waals surface area contributed by atoms with Gasteiger partial charge in [-0.1, -0.05) is 75.8 Å². The number of quaternary nitrogens is 1. The first-order chi connectivity index (χ1) is 13.9. The molecule has 0 amide bonds. The predicted molar refractivity (Wildman–Crippen MR) is 133 cm³/mol. The summed E-state index contributed by atoms with van der Waals surface area (Å²) in [5.41, 5.74) is 9.88. The standard InChI is InChI=1S/C27H35BFN/c1-18-14-20(3)26(21(4)15-18)28(29,27-22(5)16-19(2)17-23(27)6)24-12-10-11-13-25(24)30(7,8)9/h10-17H,1-9H3. The summed E-state index contributed by atoms with van der Waals surface area (Å²) in [7, 11) is 6.33. The molecule has 158 valence electrons. The second-order valence-corrected chi connectivity index (χ2v) is 9.96. The third kappa shape index (κ3) is 3.72. The van der Waals surface area contributed by atoms with Gasteiger partial charge in [-0.05, 0) is 47.6 Å². The normalized spacial score (nSPS) is 12.3. The summed E-state index contributed by atoms with van der Waals surface area (Å²) in [6, 6.07) is 16.5. The van der Waals surface area contributed by atoms with Gasteiger partial charge >= 0.3 is 0 Å². The van der Waals surface area contributed by atoms with Gasteiger partial charge in [-0.3, -0.25) is 0 Å². The first-order valence-electron chi connectivity index (χ1n) is 10.8. The quantitative estimate of drug-likeness (QED) is 0.439. The summed E-state index contributed by atoms with van der Waals surface area (Å²) in [5, 5.41) is 0. The van der Waals surface area contributed by atoms with Crippen molar-refractivity contribution < 1.29 is 4.32 Å². The van der Waals surface area contributed by atoms with Crippen LogP contribution in [0.2, 0.25) is 0 Å². The van der Waals surface area contributed by atoms with Gasteiger partial charge in [0.15, 0.2) is 0 Å². The van der Waals surface area contributed by atoms with Crippen LogP contribution in [-0.2, 0) is 0 Å². The zero-order valence-corrected chi connectivity index (χ0v) is 20.0. The van der Waals surface area contributed by atoms with E-state index in [-0.39, 0.29) is 0 Å². The molecule has 0 heterocycles. The van der Waals surface area contributed by atoms with Crippen LogP contribution >= 0.6 is 0 Å². The van der Waals surface area contributed by atoms with Gasteiger partial charge < -0.3 is 8.80 Å². The molecule has 0 fully saturated rings. The fraction of sp³-hybridized carbons (Fsp3) is 0.333. The molecule has 30 heavy (non-hydrogen) atoms. The first kappa shape index (κ1) is 22.3. The smallest absolute Gasteiger partial charge is 0.240 e. The maximum Gasteiger partial charge on any atom is 0.240 e. The Labute approximate surface area is 182 Å². The van der Waals surface area contributed by atoms with Gasteiger partial charge in [0.05, 0.1) is 26.8 Å². The lowest BCUT2D eigenvalue weighted by atomic mass is 9.28. The summed E-state index contributed by atoms with van der Waals surface area (Å²) in [6.45, 7) is 12.4. The molecule has 0 aliphatic rings. The molecule has 0 saturated heterocycles. The molecule has 0 saturated carbocycles. The van der Waals surface area contributed by atoms with Gasteiger partial charge in [0, 0.05) is 0 Å². The van der Waals surface area contributed by atoms with E-state index in [1.807, 2.05) is 18.2 Å². The molecule has 3 aromatic carbocycles. The number of benzene rings is 3. The molecule has 0 aromatic heterocycles. The van der Waals surface area contributed by atoms with E-state index in [1.54, 1.807) is 0 Å². The molecule has 0 atom stereocenters. The Bertz CT molecular complexity index is 1000. The summed E-state index contributed by atoms with van der Waals surface area (Å²) in [6.07, 6.45) is -2.66. The van der Waals surface area contributed by atoms with Crippen molar-refractivity contribution in [1.82, 2.24) is 4.48 Å². The molecular weight excluding hydrogens is 368 g/mol. The lowest BCUT2D eigenvalue weighted by molar-refractivity contribution is 0.488. The molecule has 3 heteroatoms. The van der Waals surface area contributed by atoms with Gasteiger partial charge in [-0.2, -0.15) is 10.9 Å². The minimum Gasteiger partial charge on any atom is -0.498 e. The van der Waals surface area contributed by atoms with Crippen LogP contribution in [0.5, 0.6) is 0 Å². The summed E-state index contributed by atoms with van der Waals surface area (Å²) in [4.78, 5) is 0. The van der Waals surface area contributed by atoms with Gasteiger partial charge in [0.2, 0.25) is 6.42 Å². The Morgan fingerprint density at radius 2 is 1.00 bits per heavy atom. The molecule has 0 unspecified atom stereocenters. The monoisotopic (exact) mass is 403 g/mol. The summed E-state index contributed by atoms with van der Waals surface area (Å²) in [5.74, 6) is 0. The van der Waals surface area contributed by atoms with Crippen molar-refractivity contribution in [3.63, 3.8) is 0 Å². The van der Waals surface area contributed by atoms with Crippen LogP contribution in [0.15, 0.2) is 48.5 Å². The average Bonchev–Trinajstić information content (AvgIpc) is 2.59. The minimum absolute atomic E-state index is 0.567. The highest BCUT2D eigenvalue weighted by Gasteiger charge is 2.38. The molecule has 0 aliphatic carbocycles. The van der Waals surface area contributed by atoms with Crippen molar-refractivity contribution in [2.45, 2.75) is 41.5 Å². The van der Waals surface area contributed by atoms with Crippen molar-refractivity contribution in [1.29, 1.82) is 0 Å². The van der Waals surface area contributed by atoms with Gasteiger partial charge in [-0.25, -0.2) is 0 Å². The third-order valence-corrected chi connectivity index (χ3v) is 6.36. The molecule has 0 N–H and O–H groups in total. The number of hydrogen-bond donors (Lipinski definition) is 0. The van der Waals surface area contributed by atoms with E-state index in [9.17, 15) is 0 Å². The third-order valence-electron chi connectivity index (χ3n) is 6.36. The molecule has 3 rings (SSSR count). The topological polar surface area (TPSA) is 0 Å². The van der Waals surface area contributed by atoms with E-state index in [0.717, 1.165) is 44.3 Å². The Kier molecular flexibility index (Phi) is 5.73. The molecule has 0 bridgehead atoms. The highest BCUT2D eigenvalue weighted by Crippen LogP contribution is 2.25. The van der Waals surface area contributed by atoms with Crippen LogP contribution in [-0.4, -0.2) is 27.6 Å². The van der Waals surface area contributed by atoms with Gasteiger partial charge in [0.25, 0.3) is 0 Å². The Morgan fingerprint density at radius 1 is 0.633 bits per heavy atom. The second kappa shape index (κ2) is 7.70. The zero-order valence-electron chi connectivity index (χ0n) is 20.0. The summed E-state index contributed by atoms with van der Waals surface area (Å²) < 4.78 is 18.7. The number of halogens is 1. The van der Waals surface area contributed by atoms with Crippen LogP contribution in [0.25, 0.3) is 0 Å². The van der Waals surface area contributed by atoms with Gasteiger partial charge in [0.1, 0.15) is 0 Å². The summed E-state index contributed by atoms with van der Waals surface area (Å²) >= 11 is 0. The molecule has 1 nitrogen and oxygen atoms in total. The minimum atomic E-state index is -2.66. The largest absolute Gasteiger partial charge is 0.498 e. The maximum atomic E-state index is 18.1. The molecule has 3 aromatic rings. The van der Waals surface area contributed by atoms with Crippen LogP contribution in [0.4, 0.5) is 10.0 Å². The lowest BCUT2D eigenvalue weighted by Gasteiger charge is -2.43. The molecule has 0 radical (unpaired) electrons. The van der Waals surface area contributed by atoms with Crippen LogP contribution in [0, 0.1) is 41.5 Å². The molecule has 0 spiro atoms. The van der Waals surface area contributed by atoms with Gasteiger partial charge in [-0.15, -0.1) is 5.46 Å². The predicted octanol–water partition coefficient (Wildman–Crippen LogP) is 4.67. The second-order valence-electron chi connectivity index (χ2n) is 9.96. The zero-order chi connectivity index (χ0) is 22.4. The van der Waals surface area contributed by atoms with Crippen LogP contribution in [0.3, 0.4) is 0 Å². The van der Waals surface area contributed by atoms with E-state index < -0.39 is 6.42 Å². The Hall–Kier alpha value is -2.39. The van der Waals surface area contributed by atoms with Crippen molar-refractivity contribution in [3.8, 4) is 0 Å². The molecule has 0 aliphatic heterocycles.